The molecule has 0 fully saturated rings. The van der Waals surface area contributed by atoms with E-state index < -0.39 is 0 Å². The number of anilines is 1. The van der Waals surface area contributed by atoms with Crippen molar-refractivity contribution in [3.05, 3.63) is 65.2 Å². The zero-order chi connectivity index (χ0) is 13.0. The highest BCUT2D eigenvalue weighted by atomic mass is 35.5. The molecule has 0 heterocycles. The van der Waals surface area contributed by atoms with Crippen LogP contribution in [-0.4, -0.2) is 11.9 Å². The molecule has 0 radical (unpaired) electrons. The zero-order valence-electron chi connectivity index (χ0n) is 11.5. The number of aryl methyl sites for hydroxylation is 1. The molecule has 3 heteroatoms. The first-order valence-corrected chi connectivity index (χ1v) is 6.22. The Bertz CT molecular complexity index is 526. The normalized spacial score (nSPS) is 10.3. The average Bonchev–Trinajstić information content (AvgIpc) is 2.32. The molecule has 19 heavy (non-hydrogen) atoms. The summed E-state index contributed by atoms with van der Waals surface area (Å²) in [6.45, 7) is 4.03. The average molecular weight is 277 g/mol. The summed E-state index contributed by atoms with van der Waals surface area (Å²) in [6.07, 6.45) is 0. The number of nitrogens with two attached hydrogens (primary N) is 1. The van der Waals surface area contributed by atoms with E-state index in [0.717, 1.165) is 18.8 Å². The molecule has 0 spiro atoms. The van der Waals surface area contributed by atoms with Crippen molar-refractivity contribution < 1.29 is 0 Å². The molecule has 2 N–H and O–H groups in total. The largest absolute Gasteiger partial charge is 0.399 e. The topological polar surface area (TPSA) is 29.3 Å². The lowest BCUT2D eigenvalue weighted by Crippen LogP contribution is -2.17. The van der Waals surface area contributed by atoms with Crippen LogP contribution in [0.2, 0.25) is 0 Å². The number of nitrogen functional groups attached to an aromatic ring is 1. The monoisotopic (exact) mass is 276 g/mol. The molecule has 0 aliphatic rings. The molecule has 0 saturated heterocycles. The van der Waals surface area contributed by atoms with Crippen LogP contribution < -0.4 is 5.73 Å². The lowest BCUT2D eigenvalue weighted by molar-refractivity contribution is 0.318. The van der Waals surface area contributed by atoms with Gasteiger partial charge >= 0.3 is 0 Å². The van der Waals surface area contributed by atoms with Crippen molar-refractivity contribution in [3.8, 4) is 0 Å². The van der Waals surface area contributed by atoms with E-state index in [2.05, 4.69) is 49.2 Å². The van der Waals surface area contributed by atoms with Gasteiger partial charge in [0.1, 0.15) is 0 Å². The molecule has 0 aliphatic carbocycles. The Balaban J connectivity index is 0.00000180. The summed E-state index contributed by atoms with van der Waals surface area (Å²) in [5.41, 5.74) is 10.6. The van der Waals surface area contributed by atoms with Gasteiger partial charge in [-0.2, -0.15) is 0 Å². The van der Waals surface area contributed by atoms with Crippen LogP contribution >= 0.6 is 12.4 Å². The van der Waals surface area contributed by atoms with Crippen molar-refractivity contribution in [2.24, 2.45) is 0 Å². The number of rotatable bonds is 4. The van der Waals surface area contributed by atoms with Gasteiger partial charge in [0.2, 0.25) is 0 Å². The first-order valence-electron chi connectivity index (χ1n) is 6.22. The molecule has 0 aromatic heterocycles. The highest BCUT2D eigenvalue weighted by Gasteiger charge is 2.03. The highest BCUT2D eigenvalue weighted by molar-refractivity contribution is 5.85. The second kappa shape index (κ2) is 7.17. The fourth-order valence-corrected chi connectivity index (χ4v) is 2.14. The van der Waals surface area contributed by atoms with Crippen LogP contribution in [0.5, 0.6) is 0 Å². The van der Waals surface area contributed by atoms with Crippen molar-refractivity contribution in [1.82, 2.24) is 4.90 Å². The van der Waals surface area contributed by atoms with Gasteiger partial charge in [-0.05, 0) is 42.8 Å². The molecule has 0 bridgehead atoms. The van der Waals surface area contributed by atoms with Gasteiger partial charge in [0.25, 0.3) is 0 Å². The lowest BCUT2D eigenvalue weighted by Gasteiger charge is -2.18. The SMILES string of the molecule is Cc1ccccc1CN(C)Cc1cccc(N)c1.Cl. The van der Waals surface area contributed by atoms with Crippen LogP contribution in [0.25, 0.3) is 0 Å². The van der Waals surface area contributed by atoms with E-state index in [9.17, 15) is 0 Å². The van der Waals surface area contributed by atoms with Crippen LogP contribution in [0.1, 0.15) is 16.7 Å². The van der Waals surface area contributed by atoms with E-state index in [1.165, 1.54) is 16.7 Å². The zero-order valence-corrected chi connectivity index (χ0v) is 12.3. The fourth-order valence-electron chi connectivity index (χ4n) is 2.14. The van der Waals surface area contributed by atoms with Crippen molar-refractivity contribution in [1.29, 1.82) is 0 Å². The number of benzene rings is 2. The highest BCUT2D eigenvalue weighted by Crippen LogP contribution is 2.13. The summed E-state index contributed by atoms with van der Waals surface area (Å²) >= 11 is 0. The third kappa shape index (κ3) is 4.58. The molecule has 102 valence electrons. The molecule has 0 aliphatic heterocycles. The maximum absolute atomic E-state index is 5.79. The molecular formula is C16H21ClN2. The second-order valence-corrected chi connectivity index (χ2v) is 4.84. The molecule has 0 saturated carbocycles. The van der Waals surface area contributed by atoms with E-state index in [1.54, 1.807) is 0 Å². The van der Waals surface area contributed by atoms with Crippen LogP contribution in [0.4, 0.5) is 5.69 Å². The predicted octanol–water partition coefficient (Wildman–Crippen LogP) is 3.63. The number of halogens is 1. The number of nitrogens with zero attached hydrogens (tertiary/aromatic N) is 1. The summed E-state index contributed by atoms with van der Waals surface area (Å²) in [4.78, 5) is 2.30. The van der Waals surface area contributed by atoms with Crippen LogP contribution in [0, 0.1) is 6.92 Å². The van der Waals surface area contributed by atoms with Gasteiger partial charge in [-0.15, -0.1) is 12.4 Å². The van der Waals surface area contributed by atoms with E-state index >= 15 is 0 Å². The molecule has 0 unspecified atom stereocenters. The van der Waals surface area contributed by atoms with E-state index in [0.29, 0.717) is 0 Å². The molecule has 2 rings (SSSR count). The molecule has 2 nitrogen and oxygen atoms in total. The van der Waals surface area contributed by atoms with Crippen molar-refractivity contribution in [3.63, 3.8) is 0 Å². The third-order valence-electron chi connectivity index (χ3n) is 3.11. The number of hydrogen-bond donors (Lipinski definition) is 1. The quantitative estimate of drug-likeness (QED) is 0.864. The molecule has 0 amide bonds. The van der Waals surface area contributed by atoms with Gasteiger partial charge < -0.3 is 5.73 Å². The van der Waals surface area contributed by atoms with Crippen molar-refractivity contribution in [2.75, 3.05) is 12.8 Å². The van der Waals surface area contributed by atoms with E-state index in [1.807, 2.05) is 18.2 Å². The van der Waals surface area contributed by atoms with E-state index in [-0.39, 0.29) is 12.4 Å². The summed E-state index contributed by atoms with van der Waals surface area (Å²) in [7, 11) is 2.13. The summed E-state index contributed by atoms with van der Waals surface area (Å²) < 4.78 is 0. The van der Waals surface area contributed by atoms with Gasteiger partial charge in [0.15, 0.2) is 0 Å². The maximum Gasteiger partial charge on any atom is 0.0317 e. The molecule has 2 aromatic carbocycles. The maximum atomic E-state index is 5.79. The standard InChI is InChI=1S/C16H20N2.ClH/c1-13-6-3-4-8-15(13)12-18(2)11-14-7-5-9-16(17)10-14;/h3-10H,11-12,17H2,1-2H3;1H. The van der Waals surface area contributed by atoms with Crippen LogP contribution in [-0.2, 0) is 13.1 Å². The summed E-state index contributed by atoms with van der Waals surface area (Å²) in [6, 6.07) is 16.6. The molecule has 0 atom stereocenters. The summed E-state index contributed by atoms with van der Waals surface area (Å²) in [5, 5.41) is 0. The van der Waals surface area contributed by atoms with Crippen LogP contribution in [0.15, 0.2) is 48.5 Å². The van der Waals surface area contributed by atoms with Gasteiger partial charge in [0.05, 0.1) is 0 Å². The Morgan fingerprint density at radius 3 is 2.42 bits per heavy atom. The fraction of sp³-hybridized carbons (Fsp3) is 0.250. The second-order valence-electron chi connectivity index (χ2n) is 4.84. The first-order chi connectivity index (χ1) is 8.65. The Labute approximate surface area is 121 Å². The van der Waals surface area contributed by atoms with Crippen molar-refractivity contribution >= 4 is 18.1 Å². The summed E-state index contributed by atoms with van der Waals surface area (Å²) in [5.74, 6) is 0. The van der Waals surface area contributed by atoms with Crippen molar-refractivity contribution in [2.45, 2.75) is 20.0 Å². The Kier molecular flexibility index (Phi) is 5.87. The third-order valence-corrected chi connectivity index (χ3v) is 3.11. The van der Waals surface area contributed by atoms with Gasteiger partial charge in [-0.1, -0.05) is 36.4 Å². The van der Waals surface area contributed by atoms with E-state index in [4.69, 9.17) is 5.73 Å². The minimum Gasteiger partial charge on any atom is -0.399 e. The van der Waals surface area contributed by atoms with Gasteiger partial charge in [0, 0.05) is 18.8 Å². The first kappa shape index (κ1) is 15.5. The predicted molar refractivity (Wildman–Crippen MR) is 84.5 cm³/mol. The number of hydrogen-bond acceptors (Lipinski definition) is 2. The Morgan fingerprint density at radius 1 is 1.00 bits per heavy atom. The minimum absolute atomic E-state index is 0. The smallest absolute Gasteiger partial charge is 0.0317 e. The van der Waals surface area contributed by atoms with Gasteiger partial charge in [-0.25, -0.2) is 0 Å². The van der Waals surface area contributed by atoms with Gasteiger partial charge in [-0.3, -0.25) is 4.90 Å². The van der Waals surface area contributed by atoms with Crippen LogP contribution in [0.3, 0.4) is 0 Å². The Morgan fingerprint density at radius 2 is 1.74 bits per heavy atom. The lowest BCUT2D eigenvalue weighted by atomic mass is 10.1. The Hall–Kier alpha value is -1.51. The molecule has 2 aromatic rings. The molecular weight excluding hydrogens is 256 g/mol. The minimum atomic E-state index is 0.